The molecule has 0 fully saturated rings. The van der Waals surface area contributed by atoms with Gasteiger partial charge in [0, 0.05) is 12.1 Å². The predicted octanol–water partition coefficient (Wildman–Crippen LogP) is 4.39. The molecule has 0 aliphatic carbocycles. The number of nitrogens with zero attached hydrogens (tertiary/aromatic N) is 3. The minimum Gasteiger partial charge on any atom is -0.494 e. The Balaban J connectivity index is 1.77. The van der Waals surface area contributed by atoms with Crippen LogP contribution in [0.15, 0.2) is 40.8 Å². The molecule has 3 rings (SSSR count). The molecule has 0 aliphatic heterocycles. The first-order valence-corrected chi connectivity index (χ1v) is 10.2. The topological polar surface area (TPSA) is 71.1 Å². The zero-order valence-electron chi connectivity index (χ0n) is 18.4. The molecule has 31 heavy (non-hydrogen) atoms. The van der Waals surface area contributed by atoms with Crippen LogP contribution in [0.25, 0.3) is 11.5 Å². The highest BCUT2D eigenvalue weighted by molar-refractivity contribution is 7.71. The summed E-state index contributed by atoms with van der Waals surface area (Å²) in [5.41, 5.74) is 1.83. The largest absolute Gasteiger partial charge is 0.494 e. The molecular weight excluding hydrogens is 418 g/mol. The lowest BCUT2D eigenvalue weighted by Gasteiger charge is -2.16. The van der Waals surface area contributed by atoms with Crippen LogP contribution in [-0.4, -0.2) is 49.7 Å². The fourth-order valence-electron chi connectivity index (χ4n) is 3.16. The number of aromatic nitrogens is 2. The SMILES string of the molecule is CCOc1ccc(CN(C)Cn2nc(-c3cc(OC)c(OC)c(OC)c3)oc2=S)cc1. The first-order chi connectivity index (χ1) is 15.0. The second-order valence-corrected chi connectivity index (χ2v) is 7.17. The molecule has 0 atom stereocenters. The molecule has 0 radical (unpaired) electrons. The summed E-state index contributed by atoms with van der Waals surface area (Å²) in [7, 11) is 6.67. The predicted molar refractivity (Wildman–Crippen MR) is 119 cm³/mol. The fraction of sp³-hybridized carbons (Fsp3) is 0.364. The Morgan fingerprint density at radius 3 is 2.23 bits per heavy atom. The summed E-state index contributed by atoms with van der Waals surface area (Å²) < 4.78 is 29.1. The minimum atomic E-state index is 0.280. The number of methoxy groups -OCH3 is 3. The highest BCUT2D eigenvalue weighted by atomic mass is 32.1. The van der Waals surface area contributed by atoms with Gasteiger partial charge in [0.25, 0.3) is 4.84 Å². The van der Waals surface area contributed by atoms with Crippen LogP contribution in [-0.2, 0) is 13.2 Å². The van der Waals surface area contributed by atoms with Gasteiger partial charge in [-0.1, -0.05) is 12.1 Å². The lowest BCUT2D eigenvalue weighted by molar-refractivity contribution is 0.240. The van der Waals surface area contributed by atoms with E-state index < -0.39 is 0 Å². The Labute approximate surface area is 186 Å². The van der Waals surface area contributed by atoms with Crippen molar-refractivity contribution in [3.05, 3.63) is 46.8 Å². The number of hydrogen-bond acceptors (Lipinski definition) is 8. The van der Waals surface area contributed by atoms with E-state index in [4.69, 9.17) is 35.6 Å². The van der Waals surface area contributed by atoms with Gasteiger partial charge in [-0.15, -0.1) is 5.10 Å². The van der Waals surface area contributed by atoms with Crippen LogP contribution in [0.2, 0.25) is 0 Å². The first-order valence-electron chi connectivity index (χ1n) is 9.77. The average molecular weight is 446 g/mol. The second-order valence-electron chi connectivity index (χ2n) is 6.82. The molecule has 0 aliphatic rings. The van der Waals surface area contributed by atoms with Gasteiger partial charge in [0.05, 0.1) is 34.6 Å². The molecule has 0 saturated carbocycles. The van der Waals surface area contributed by atoms with Crippen molar-refractivity contribution in [3.63, 3.8) is 0 Å². The van der Waals surface area contributed by atoms with Gasteiger partial charge in [0.2, 0.25) is 11.6 Å². The molecule has 1 aromatic heterocycles. The van der Waals surface area contributed by atoms with Gasteiger partial charge in [-0.2, -0.15) is 0 Å². The monoisotopic (exact) mass is 445 g/mol. The highest BCUT2D eigenvalue weighted by Gasteiger charge is 2.18. The molecule has 0 unspecified atom stereocenters. The van der Waals surface area contributed by atoms with Gasteiger partial charge >= 0.3 is 0 Å². The van der Waals surface area contributed by atoms with Crippen molar-refractivity contribution in [2.24, 2.45) is 0 Å². The lowest BCUT2D eigenvalue weighted by atomic mass is 10.2. The van der Waals surface area contributed by atoms with E-state index >= 15 is 0 Å². The Morgan fingerprint density at radius 2 is 1.68 bits per heavy atom. The molecule has 8 nitrogen and oxygen atoms in total. The molecule has 166 valence electrons. The molecule has 0 N–H and O–H groups in total. The van der Waals surface area contributed by atoms with E-state index in [1.54, 1.807) is 38.1 Å². The maximum absolute atomic E-state index is 5.74. The van der Waals surface area contributed by atoms with Crippen molar-refractivity contribution in [2.45, 2.75) is 20.1 Å². The summed E-state index contributed by atoms with van der Waals surface area (Å²) in [5, 5.41) is 4.54. The van der Waals surface area contributed by atoms with Crippen molar-refractivity contribution in [1.29, 1.82) is 0 Å². The Kier molecular flexibility index (Phi) is 7.54. The second kappa shape index (κ2) is 10.3. The Morgan fingerprint density at radius 1 is 1.03 bits per heavy atom. The molecule has 9 heteroatoms. The molecule has 2 aromatic carbocycles. The number of hydrogen-bond donors (Lipinski definition) is 0. The quantitative estimate of drug-likeness (QED) is 0.426. The standard InChI is InChI=1S/C22H27N3O5S/c1-6-29-17-9-7-15(8-10-17)13-24(2)14-25-22(31)30-21(23-25)16-11-18(26-3)20(28-5)19(12-16)27-4/h7-12H,6,13-14H2,1-5H3. The van der Waals surface area contributed by atoms with E-state index in [-0.39, 0.29) is 4.84 Å². The van der Waals surface area contributed by atoms with Crippen LogP contribution in [0.4, 0.5) is 0 Å². The van der Waals surface area contributed by atoms with Gasteiger partial charge < -0.3 is 23.4 Å². The van der Waals surface area contributed by atoms with Gasteiger partial charge in [-0.05, 0) is 56.0 Å². The molecule has 0 saturated heterocycles. The van der Waals surface area contributed by atoms with Crippen LogP contribution < -0.4 is 18.9 Å². The average Bonchev–Trinajstić information content (AvgIpc) is 3.14. The zero-order valence-corrected chi connectivity index (χ0v) is 19.2. The van der Waals surface area contributed by atoms with E-state index in [2.05, 4.69) is 10.00 Å². The van der Waals surface area contributed by atoms with E-state index in [1.807, 2.05) is 38.2 Å². The summed E-state index contributed by atoms with van der Waals surface area (Å²) in [6.45, 7) is 3.81. The molecule has 3 aromatic rings. The third-order valence-electron chi connectivity index (χ3n) is 4.58. The number of ether oxygens (including phenoxy) is 4. The maximum Gasteiger partial charge on any atom is 0.288 e. The third kappa shape index (κ3) is 5.36. The van der Waals surface area contributed by atoms with Crippen LogP contribution in [0, 0.1) is 4.84 Å². The third-order valence-corrected chi connectivity index (χ3v) is 4.87. The van der Waals surface area contributed by atoms with Crippen molar-refractivity contribution in [3.8, 4) is 34.5 Å². The normalized spacial score (nSPS) is 10.9. The van der Waals surface area contributed by atoms with Crippen molar-refractivity contribution < 1.29 is 23.4 Å². The van der Waals surface area contributed by atoms with Gasteiger partial charge in [-0.3, -0.25) is 4.90 Å². The van der Waals surface area contributed by atoms with Crippen molar-refractivity contribution in [2.75, 3.05) is 35.0 Å². The Hall–Kier alpha value is -3.04. The van der Waals surface area contributed by atoms with Gasteiger partial charge in [-0.25, -0.2) is 4.68 Å². The Bertz CT molecular complexity index is 1040. The van der Waals surface area contributed by atoms with Crippen molar-refractivity contribution >= 4 is 12.2 Å². The smallest absolute Gasteiger partial charge is 0.288 e. The van der Waals surface area contributed by atoms with Crippen LogP contribution in [0.5, 0.6) is 23.0 Å². The molecule has 1 heterocycles. The summed E-state index contributed by atoms with van der Waals surface area (Å²) in [6, 6.07) is 11.6. The number of rotatable bonds is 10. The highest BCUT2D eigenvalue weighted by Crippen LogP contribution is 2.40. The molecule has 0 spiro atoms. The number of benzene rings is 2. The van der Waals surface area contributed by atoms with E-state index in [0.29, 0.717) is 42.0 Å². The van der Waals surface area contributed by atoms with E-state index in [0.717, 1.165) is 17.9 Å². The zero-order chi connectivity index (χ0) is 22.4. The van der Waals surface area contributed by atoms with E-state index in [9.17, 15) is 0 Å². The minimum absolute atomic E-state index is 0.280. The van der Waals surface area contributed by atoms with E-state index in [1.165, 1.54) is 0 Å². The van der Waals surface area contributed by atoms with Crippen LogP contribution in [0.1, 0.15) is 12.5 Å². The van der Waals surface area contributed by atoms with Gasteiger partial charge in [0.15, 0.2) is 11.5 Å². The molecule has 0 bridgehead atoms. The fourth-order valence-corrected chi connectivity index (χ4v) is 3.34. The summed E-state index contributed by atoms with van der Waals surface area (Å²) in [6.07, 6.45) is 0. The summed E-state index contributed by atoms with van der Waals surface area (Å²) in [5.74, 6) is 2.77. The van der Waals surface area contributed by atoms with Crippen LogP contribution in [0.3, 0.4) is 0 Å². The summed E-state index contributed by atoms with van der Waals surface area (Å²) in [4.78, 5) is 2.37. The van der Waals surface area contributed by atoms with Gasteiger partial charge in [0.1, 0.15) is 5.75 Å². The molecule has 0 amide bonds. The molecular formula is C22H27N3O5S. The first kappa shape index (κ1) is 22.6. The summed E-state index contributed by atoms with van der Waals surface area (Å²) >= 11 is 5.38. The lowest BCUT2D eigenvalue weighted by Crippen LogP contribution is -2.22. The van der Waals surface area contributed by atoms with Crippen molar-refractivity contribution in [1.82, 2.24) is 14.7 Å². The van der Waals surface area contributed by atoms with Crippen LogP contribution >= 0.6 is 12.2 Å². The maximum atomic E-state index is 5.74.